The molecule has 10 aromatic rings. The van der Waals surface area contributed by atoms with Gasteiger partial charge in [0.05, 0.1) is 11.0 Å². The van der Waals surface area contributed by atoms with E-state index in [1.165, 1.54) is 60.1 Å². The van der Waals surface area contributed by atoms with Crippen LogP contribution in [0.1, 0.15) is 23.6 Å². The molecule has 0 bridgehead atoms. The Balaban J connectivity index is 1.18. The molecule has 9 aromatic carbocycles. The van der Waals surface area contributed by atoms with Gasteiger partial charge in [0.15, 0.2) is 0 Å². The molecule has 0 aliphatic carbocycles. The molecule has 0 saturated heterocycles. The third kappa shape index (κ3) is 5.71. The quantitative estimate of drug-likeness (QED) is 0.119. The third-order valence-corrected chi connectivity index (χ3v) is 11.1. The fraction of sp³-hybridized carbons (Fsp3) is 0.0185. The molecule has 0 fully saturated rings. The zero-order valence-electron chi connectivity index (χ0n) is 31.2. The molecule has 56 heavy (non-hydrogen) atoms. The van der Waals surface area contributed by atoms with E-state index >= 15 is 0 Å². The largest absolute Gasteiger partial charge is 0.292 e. The molecular weight excluding hydrogens is 677 g/mol. The summed E-state index contributed by atoms with van der Waals surface area (Å²) in [6, 6.07) is 67.6. The van der Waals surface area contributed by atoms with Crippen LogP contribution in [0.3, 0.4) is 0 Å². The van der Waals surface area contributed by atoms with Gasteiger partial charge in [-0.05, 0) is 120 Å². The first-order valence-corrected chi connectivity index (χ1v) is 19.2. The summed E-state index contributed by atoms with van der Waals surface area (Å²) in [7, 11) is 0. The van der Waals surface area contributed by atoms with Gasteiger partial charge in [0.25, 0.3) is 0 Å². The maximum atomic E-state index is 5.12. The monoisotopic (exact) mass is 714 g/mol. The van der Waals surface area contributed by atoms with Crippen LogP contribution < -0.4 is 0 Å². The van der Waals surface area contributed by atoms with E-state index in [2.05, 4.69) is 212 Å². The number of hydrogen-bond donors (Lipinski definition) is 0. The highest BCUT2D eigenvalue weighted by molar-refractivity contribution is 6.20. The minimum atomic E-state index is 0.928. The standard InChI is InChI=1S/C54H38N2/c1-3-37-15-7-9-17-41(37)33-36(2)52-46-21-11-12-22-47(46)53(44-30-27-38-16-8-10-18-42(38)34-44)48-32-31-43(35-49(48)52)39-25-28-40(29-26-39)54-55-50-23-13-14-24-51(50)56(54)45-19-5-4-6-20-45/h3-35H,1H2,2H3/b36-33+. The highest BCUT2D eigenvalue weighted by atomic mass is 15.1. The Bertz CT molecular complexity index is 3150. The van der Waals surface area contributed by atoms with Crippen LogP contribution in [0.15, 0.2) is 195 Å². The van der Waals surface area contributed by atoms with Crippen molar-refractivity contribution in [2.24, 2.45) is 0 Å². The second-order valence-electron chi connectivity index (χ2n) is 14.5. The lowest BCUT2D eigenvalue weighted by atomic mass is 9.84. The SMILES string of the molecule is C=Cc1ccccc1/C=C(\C)c1c2ccccc2c(-c2ccc3ccccc3c2)c2ccc(-c3ccc(-c4nc5ccccc5n4-c4ccccc4)cc3)cc12. The van der Waals surface area contributed by atoms with E-state index in [4.69, 9.17) is 4.98 Å². The molecule has 264 valence electrons. The fourth-order valence-corrected chi connectivity index (χ4v) is 8.44. The predicted octanol–water partition coefficient (Wildman–Crippen LogP) is 14.7. The van der Waals surface area contributed by atoms with Gasteiger partial charge in [0.1, 0.15) is 5.82 Å². The second kappa shape index (κ2) is 13.8. The molecule has 0 atom stereocenters. The van der Waals surface area contributed by atoms with Crippen molar-refractivity contribution in [1.82, 2.24) is 9.55 Å². The van der Waals surface area contributed by atoms with E-state index in [0.717, 1.165) is 44.8 Å². The van der Waals surface area contributed by atoms with Crippen LogP contribution in [0.2, 0.25) is 0 Å². The number of imidazole rings is 1. The Kier molecular flexibility index (Phi) is 8.23. The Morgan fingerprint density at radius 1 is 0.500 bits per heavy atom. The van der Waals surface area contributed by atoms with E-state index in [1.807, 2.05) is 6.08 Å². The average molecular weight is 715 g/mol. The molecule has 0 unspecified atom stereocenters. The van der Waals surface area contributed by atoms with E-state index in [9.17, 15) is 0 Å². The molecule has 0 aliphatic rings. The molecule has 0 N–H and O–H groups in total. The average Bonchev–Trinajstić information content (AvgIpc) is 3.65. The van der Waals surface area contributed by atoms with E-state index in [1.54, 1.807) is 0 Å². The van der Waals surface area contributed by atoms with Crippen LogP contribution in [0.4, 0.5) is 0 Å². The molecule has 2 heteroatoms. The lowest BCUT2D eigenvalue weighted by Gasteiger charge is -2.19. The zero-order chi connectivity index (χ0) is 37.6. The lowest BCUT2D eigenvalue weighted by Crippen LogP contribution is -1.97. The summed E-state index contributed by atoms with van der Waals surface area (Å²) in [4.78, 5) is 5.12. The number of rotatable bonds is 7. The van der Waals surface area contributed by atoms with Gasteiger partial charge in [-0.1, -0.05) is 170 Å². The number of aromatic nitrogens is 2. The number of nitrogens with zero attached hydrogens (tertiary/aromatic N) is 2. The van der Waals surface area contributed by atoms with Crippen molar-refractivity contribution in [2.75, 3.05) is 0 Å². The Morgan fingerprint density at radius 2 is 1.12 bits per heavy atom. The van der Waals surface area contributed by atoms with Crippen LogP contribution in [-0.2, 0) is 0 Å². The third-order valence-electron chi connectivity index (χ3n) is 11.1. The van der Waals surface area contributed by atoms with Crippen molar-refractivity contribution in [3.63, 3.8) is 0 Å². The van der Waals surface area contributed by atoms with E-state index in [-0.39, 0.29) is 0 Å². The van der Waals surface area contributed by atoms with Gasteiger partial charge >= 0.3 is 0 Å². The summed E-state index contributed by atoms with van der Waals surface area (Å²) in [5.41, 5.74) is 13.8. The van der Waals surface area contributed by atoms with Crippen molar-refractivity contribution < 1.29 is 0 Å². The van der Waals surface area contributed by atoms with Crippen LogP contribution in [0.25, 0.3) is 100 Å². The van der Waals surface area contributed by atoms with Gasteiger partial charge in [-0.15, -0.1) is 0 Å². The number of benzene rings is 9. The van der Waals surface area contributed by atoms with Crippen molar-refractivity contribution in [3.8, 4) is 39.3 Å². The van der Waals surface area contributed by atoms with Gasteiger partial charge in [-0.2, -0.15) is 0 Å². The van der Waals surface area contributed by atoms with Gasteiger partial charge in [-0.3, -0.25) is 4.57 Å². The van der Waals surface area contributed by atoms with E-state index < -0.39 is 0 Å². The topological polar surface area (TPSA) is 17.8 Å². The van der Waals surface area contributed by atoms with Crippen LogP contribution >= 0.6 is 0 Å². The first-order chi connectivity index (χ1) is 27.6. The summed E-state index contributed by atoms with van der Waals surface area (Å²) in [5.74, 6) is 0.928. The molecule has 0 amide bonds. The molecular formula is C54H38N2. The van der Waals surface area contributed by atoms with Crippen LogP contribution in [0, 0.1) is 0 Å². The predicted molar refractivity (Wildman–Crippen MR) is 240 cm³/mol. The number of fused-ring (bicyclic) bond motifs is 4. The van der Waals surface area contributed by atoms with Gasteiger partial charge in [0, 0.05) is 11.3 Å². The first kappa shape index (κ1) is 33.3. The normalized spacial score (nSPS) is 11.8. The highest BCUT2D eigenvalue weighted by Crippen LogP contribution is 2.44. The van der Waals surface area contributed by atoms with Crippen molar-refractivity contribution >= 4 is 61.1 Å². The second-order valence-corrected chi connectivity index (χ2v) is 14.5. The van der Waals surface area contributed by atoms with Crippen molar-refractivity contribution in [3.05, 3.63) is 211 Å². The van der Waals surface area contributed by atoms with Gasteiger partial charge in [0.2, 0.25) is 0 Å². The molecule has 2 nitrogen and oxygen atoms in total. The minimum Gasteiger partial charge on any atom is -0.292 e. The number of hydrogen-bond acceptors (Lipinski definition) is 1. The number of allylic oxidation sites excluding steroid dienone is 1. The van der Waals surface area contributed by atoms with E-state index in [0.29, 0.717) is 0 Å². The lowest BCUT2D eigenvalue weighted by molar-refractivity contribution is 1.10. The summed E-state index contributed by atoms with van der Waals surface area (Å²) < 4.78 is 2.26. The summed E-state index contributed by atoms with van der Waals surface area (Å²) >= 11 is 0. The Labute approximate surface area is 327 Å². The summed E-state index contributed by atoms with van der Waals surface area (Å²) in [5, 5.41) is 7.42. The summed E-state index contributed by atoms with van der Waals surface area (Å²) in [6.45, 7) is 6.35. The molecule has 1 aromatic heterocycles. The number of para-hydroxylation sites is 3. The zero-order valence-corrected chi connectivity index (χ0v) is 31.2. The van der Waals surface area contributed by atoms with Crippen LogP contribution in [0.5, 0.6) is 0 Å². The highest BCUT2D eigenvalue weighted by Gasteiger charge is 2.19. The minimum absolute atomic E-state index is 0.928. The van der Waals surface area contributed by atoms with Gasteiger partial charge in [-0.25, -0.2) is 4.98 Å². The van der Waals surface area contributed by atoms with Crippen LogP contribution in [-0.4, -0.2) is 9.55 Å². The molecule has 10 rings (SSSR count). The Morgan fingerprint density at radius 3 is 1.95 bits per heavy atom. The molecule has 0 radical (unpaired) electrons. The fourth-order valence-electron chi connectivity index (χ4n) is 8.44. The summed E-state index contributed by atoms with van der Waals surface area (Å²) in [6.07, 6.45) is 4.25. The van der Waals surface area contributed by atoms with Crippen molar-refractivity contribution in [2.45, 2.75) is 6.92 Å². The molecule has 0 aliphatic heterocycles. The van der Waals surface area contributed by atoms with Crippen molar-refractivity contribution in [1.29, 1.82) is 0 Å². The maximum absolute atomic E-state index is 5.12. The first-order valence-electron chi connectivity index (χ1n) is 19.2. The maximum Gasteiger partial charge on any atom is 0.145 e. The smallest absolute Gasteiger partial charge is 0.145 e. The Hall–Kier alpha value is -7.29. The van der Waals surface area contributed by atoms with Gasteiger partial charge < -0.3 is 0 Å². The molecule has 0 saturated carbocycles. The molecule has 1 heterocycles. The molecule has 0 spiro atoms.